The molecule has 0 radical (unpaired) electrons. The number of hydrogen-bond acceptors (Lipinski definition) is 0. The SMILES string of the molecule is CC1(C)c2cc(C=Cc3ccc(-c4ccc5c(c4)c4ccccc4n5-c4ccccc4)cc3)ccc2-c2cc3c(cc21)-c1ccc(-c2ccc4c(c2)c2ccccc2n4-c2ccc(-c4ccccc4)cc2)cc1C3(C)C. The first-order chi connectivity index (χ1) is 37.2. The first kappa shape index (κ1) is 44.3. The van der Waals surface area contributed by atoms with Crippen molar-refractivity contribution in [2.45, 2.75) is 38.5 Å². The predicted molar refractivity (Wildman–Crippen MR) is 322 cm³/mol. The first-order valence-electron chi connectivity index (χ1n) is 26.7. The van der Waals surface area contributed by atoms with Crippen LogP contribution in [0.2, 0.25) is 0 Å². The van der Waals surface area contributed by atoms with Crippen molar-refractivity contribution in [3.05, 3.63) is 276 Å². The van der Waals surface area contributed by atoms with Crippen LogP contribution in [0, 0.1) is 0 Å². The van der Waals surface area contributed by atoms with Crippen LogP contribution in [0.5, 0.6) is 0 Å². The molecule has 0 saturated heterocycles. The standard InChI is InChI=1S/C74H54N2/c1-73(2)65-41-48(24-23-47-25-28-51(29-26-47)52-33-39-71-63(42-52)59-19-11-13-21-69(59)75(71)55-17-9-6-10-18-55)27-37-57(65)61-45-68-62(46-67(61)73)58-38-32-54(44-66(58)74(68,3)4)53-34-40-72-64(43-53)60-20-12-14-22-70(60)76(72)56-35-30-50(31-36-56)49-15-7-5-8-16-49/h5-46H,1-4H3. The largest absolute Gasteiger partial charge is 0.309 e. The van der Waals surface area contributed by atoms with Gasteiger partial charge in [0.1, 0.15) is 0 Å². The molecular weight excluding hydrogens is 917 g/mol. The summed E-state index contributed by atoms with van der Waals surface area (Å²) in [6, 6.07) is 90.1. The molecule has 15 rings (SSSR count). The summed E-state index contributed by atoms with van der Waals surface area (Å²) in [5.41, 5.74) is 27.7. The zero-order chi connectivity index (χ0) is 50.9. The van der Waals surface area contributed by atoms with Gasteiger partial charge < -0.3 is 9.13 Å². The van der Waals surface area contributed by atoms with Crippen molar-refractivity contribution in [2.24, 2.45) is 0 Å². The molecule has 0 N–H and O–H groups in total. The van der Waals surface area contributed by atoms with Crippen molar-refractivity contribution in [1.29, 1.82) is 0 Å². The molecule has 0 amide bonds. The molecule has 0 saturated carbocycles. The molecule has 2 heterocycles. The number of hydrogen-bond donors (Lipinski definition) is 0. The lowest BCUT2D eigenvalue weighted by molar-refractivity contribution is 0.652. The van der Waals surface area contributed by atoms with Crippen LogP contribution >= 0.6 is 0 Å². The van der Waals surface area contributed by atoms with Gasteiger partial charge in [0.05, 0.1) is 22.1 Å². The lowest BCUT2D eigenvalue weighted by atomic mass is 9.79. The van der Waals surface area contributed by atoms with Crippen LogP contribution in [-0.4, -0.2) is 9.13 Å². The fraction of sp³-hybridized carbons (Fsp3) is 0.0811. The van der Waals surface area contributed by atoms with E-state index in [2.05, 4.69) is 292 Å². The number of aromatic nitrogens is 2. The van der Waals surface area contributed by atoms with Crippen molar-refractivity contribution >= 4 is 55.8 Å². The molecular formula is C74H54N2. The average molecular weight is 971 g/mol. The Kier molecular flexibility index (Phi) is 9.69. The first-order valence-corrected chi connectivity index (χ1v) is 26.7. The lowest BCUT2D eigenvalue weighted by Gasteiger charge is -2.24. The smallest absolute Gasteiger partial charge is 0.0541 e. The Labute approximate surface area is 444 Å². The van der Waals surface area contributed by atoms with Gasteiger partial charge in [-0.2, -0.15) is 0 Å². The van der Waals surface area contributed by atoms with Crippen molar-refractivity contribution in [3.8, 4) is 67.0 Å². The number of para-hydroxylation sites is 3. The molecule has 11 aromatic carbocycles. The molecule has 0 fully saturated rings. The second kappa shape index (κ2) is 16.6. The van der Waals surface area contributed by atoms with Crippen LogP contribution in [0.3, 0.4) is 0 Å². The summed E-state index contributed by atoms with van der Waals surface area (Å²) in [5, 5.41) is 5.07. The molecule has 2 nitrogen and oxygen atoms in total. The number of rotatable bonds is 7. The fourth-order valence-corrected chi connectivity index (χ4v) is 13.1. The minimum atomic E-state index is -0.164. The zero-order valence-corrected chi connectivity index (χ0v) is 43.1. The minimum Gasteiger partial charge on any atom is -0.309 e. The number of benzene rings is 11. The van der Waals surface area contributed by atoms with Gasteiger partial charge in [0.2, 0.25) is 0 Å². The maximum atomic E-state index is 2.53. The van der Waals surface area contributed by atoms with E-state index < -0.39 is 0 Å². The van der Waals surface area contributed by atoms with Gasteiger partial charge in [0.15, 0.2) is 0 Å². The highest BCUT2D eigenvalue weighted by Gasteiger charge is 2.42. The second-order valence-electron chi connectivity index (χ2n) is 22.1. The molecule has 0 spiro atoms. The van der Waals surface area contributed by atoms with Crippen molar-refractivity contribution < 1.29 is 0 Å². The van der Waals surface area contributed by atoms with Crippen LogP contribution in [-0.2, 0) is 10.8 Å². The Hall–Kier alpha value is -9.24. The quantitative estimate of drug-likeness (QED) is 0.141. The molecule has 2 aromatic heterocycles. The summed E-state index contributed by atoms with van der Waals surface area (Å²) < 4.78 is 4.79. The van der Waals surface area contributed by atoms with E-state index in [1.807, 2.05) is 0 Å². The Morgan fingerprint density at radius 1 is 0.263 bits per heavy atom. The summed E-state index contributed by atoms with van der Waals surface area (Å²) >= 11 is 0. The summed E-state index contributed by atoms with van der Waals surface area (Å²) in [4.78, 5) is 0. The average Bonchev–Trinajstić information content (AvgIpc) is 4.18. The monoisotopic (exact) mass is 970 g/mol. The van der Waals surface area contributed by atoms with Gasteiger partial charge >= 0.3 is 0 Å². The highest BCUT2D eigenvalue weighted by atomic mass is 15.0. The van der Waals surface area contributed by atoms with E-state index in [0.717, 1.165) is 0 Å². The minimum absolute atomic E-state index is 0.148. The molecule has 360 valence electrons. The van der Waals surface area contributed by atoms with Crippen LogP contribution in [0.15, 0.2) is 243 Å². The van der Waals surface area contributed by atoms with E-state index >= 15 is 0 Å². The Morgan fingerprint density at radius 3 is 1.25 bits per heavy atom. The van der Waals surface area contributed by atoms with Gasteiger partial charge in [-0.15, -0.1) is 0 Å². The molecule has 2 aliphatic rings. The van der Waals surface area contributed by atoms with E-state index in [1.54, 1.807) is 0 Å². The topological polar surface area (TPSA) is 9.86 Å². The van der Waals surface area contributed by atoms with E-state index in [4.69, 9.17) is 0 Å². The summed E-state index contributed by atoms with van der Waals surface area (Å²) in [7, 11) is 0. The fourth-order valence-electron chi connectivity index (χ4n) is 13.1. The molecule has 76 heavy (non-hydrogen) atoms. The maximum Gasteiger partial charge on any atom is 0.0541 e. The molecule has 0 aliphatic heterocycles. The number of fused-ring (bicyclic) bond motifs is 12. The predicted octanol–water partition coefficient (Wildman–Crippen LogP) is 19.7. The molecule has 0 atom stereocenters. The van der Waals surface area contributed by atoms with Crippen molar-refractivity contribution in [2.75, 3.05) is 0 Å². The van der Waals surface area contributed by atoms with Crippen LogP contribution in [0.1, 0.15) is 61.1 Å². The Bertz CT molecular complexity index is 4520. The highest BCUT2D eigenvalue weighted by Crippen LogP contribution is 2.57. The summed E-state index contributed by atoms with van der Waals surface area (Å²) in [6.45, 7) is 9.65. The Morgan fingerprint density at radius 2 is 0.645 bits per heavy atom. The van der Waals surface area contributed by atoms with E-state index in [0.29, 0.717) is 0 Å². The van der Waals surface area contributed by atoms with Gasteiger partial charge in [-0.25, -0.2) is 0 Å². The molecule has 0 bridgehead atoms. The van der Waals surface area contributed by atoms with Crippen LogP contribution in [0.25, 0.3) is 123 Å². The van der Waals surface area contributed by atoms with Gasteiger partial charge in [0.25, 0.3) is 0 Å². The zero-order valence-electron chi connectivity index (χ0n) is 43.1. The Balaban J connectivity index is 0.704. The normalized spacial score (nSPS) is 13.9. The second-order valence-corrected chi connectivity index (χ2v) is 22.1. The summed E-state index contributed by atoms with van der Waals surface area (Å²) in [5.74, 6) is 0. The van der Waals surface area contributed by atoms with Crippen LogP contribution in [0.4, 0.5) is 0 Å². The molecule has 2 heteroatoms. The number of nitrogens with zero attached hydrogens (tertiary/aromatic N) is 2. The maximum absolute atomic E-state index is 2.53. The highest BCUT2D eigenvalue weighted by molar-refractivity contribution is 6.12. The third kappa shape index (κ3) is 6.73. The van der Waals surface area contributed by atoms with Gasteiger partial charge in [-0.3, -0.25) is 0 Å². The lowest BCUT2D eigenvalue weighted by Crippen LogP contribution is -2.17. The third-order valence-electron chi connectivity index (χ3n) is 17.1. The molecule has 13 aromatic rings. The van der Waals surface area contributed by atoms with Crippen LogP contribution < -0.4 is 0 Å². The van der Waals surface area contributed by atoms with E-state index in [9.17, 15) is 0 Å². The molecule has 2 aliphatic carbocycles. The van der Waals surface area contributed by atoms with Crippen molar-refractivity contribution in [3.63, 3.8) is 0 Å². The van der Waals surface area contributed by atoms with Crippen molar-refractivity contribution in [1.82, 2.24) is 9.13 Å². The van der Waals surface area contributed by atoms with E-state index in [1.165, 1.54) is 144 Å². The molecule has 0 unspecified atom stereocenters. The third-order valence-corrected chi connectivity index (χ3v) is 17.1. The van der Waals surface area contributed by atoms with Gasteiger partial charge in [0, 0.05) is 43.7 Å². The van der Waals surface area contributed by atoms with Gasteiger partial charge in [-0.05, 0) is 168 Å². The van der Waals surface area contributed by atoms with Gasteiger partial charge in [-0.1, -0.05) is 204 Å². The summed E-state index contributed by atoms with van der Waals surface area (Å²) in [6.07, 6.45) is 4.53. The van der Waals surface area contributed by atoms with E-state index in [-0.39, 0.29) is 10.8 Å².